The topological polar surface area (TPSA) is 67.5 Å². The summed E-state index contributed by atoms with van der Waals surface area (Å²) in [4.78, 5) is 23.1. The highest BCUT2D eigenvalue weighted by atomic mass is 16.4. The molecule has 0 saturated carbocycles. The molecule has 4 heteroatoms. The Morgan fingerprint density at radius 1 is 1.24 bits per heavy atom. The minimum absolute atomic E-state index is 0.0239. The molecule has 1 aromatic heterocycles. The molecule has 0 aliphatic rings. The maximum absolute atomic E-state index is 12.1. The maximum Gasteiger partial charge on any atom is 0.339 e. The molecule has 0 aliphatic carbocycles. The van der Waals surface area contributed by atoms with Gasteiger partial charge < -0.3 is 9.52 Å². The Hall–Kier alpha value is -2.36. The third-order valence-electron chi connectivity index (χ3n) is 2.38. The van der Waals surface area contributed by atoms with Gasteiger partial charge in [0.25, 0.3) is 0 Å². The van der Waals surface area contributed by atoms with Crippen molar-refractivity contribution in [3.8, 4) is 5.75 Å². The monoisotopic (exact) mass is 230 g/mol. The Morgan fingerprint density at radius 2 is 1.88 bits per heavy atom. The lowest BCUT2D eigenvalue weighted by molar-refractivity contribution is 0.103. The minimum Gasteiger partial charge on any atom is -0.507 e. The van der Waals surface area contributed by atoms with Crippen molar-refractivity contribution < 1.29 is 14.3 Å². The molecule has 0 saturated heterocycles. The zero-order valence-electron chi connectivity index (χ0n) is 9.14. The van der Waals surface area contributed by atoms with Gasteiger partial charge in [0.2, 0.25) is 0 Å². The highest BCUT2D eigenvalue weighted by molar-refractivity contribution is 6.11. The number of carbonyl (C=O) groups is 1. The van der Waals surface area contributed by atoms with Crippen LogP contribution in [0.15, 0.2) is 45.6 Å². The number of carbonyl (C=O) groups excluding carboxylic acids is 1. The van der Waals surface area contributed by atoms with Gasteiger partial charge in [-0.1, -0.05) is 30.3 Å². The Kier molecular flexibility index (Phi) is 2.78. The molecule has 0 amide bonds. The van der Waals surface area contributed by atoms with E-state index in [4.69, 9.17) is 4.42 Å². The zero-order chi connectivity index (χ0) is 12.4. The van der Waals surface area contributed by atoms with Crippen LogP contribution in [0.4, 0.5) is 0 Å². The largest absolute Gasteiger partial charge is 0.507 e. The normalized spacial score (nSPS) is 10.2. The fourth-order valence-electron chi connectivity index (χ4n) is 1.61. The van der Waals surface area contributed by atoms with Crippen molar-refractivity contribution in [1.82, 2.24) is 0 Å². The van der Waals surface area contributed by atoms with Crippen LogP contribution < -0.4 is 5.63 Å². The van der Waals surface area contributed by atoms with E-state index in [0.29, 0.717) is 5.56 Å². The third kappa shape index (κ3) is 2.10. The Morgan fingerprint density at radius 3 is 2.47 bits per heavy atom. The second-order valence-corrected chi connectivity index (χ2v) is 3.58. The zero-order valence-corrected chi connectivity index (χ0v) is 9.14. The first kappa shape index (κ1) is 11.1. The number of aromatic hydroxyl groups is 1. The van der Waals surface area contributed by atoms with E-state index >= 15 is 0 Å². The van der Waals surface area contributed by atoms with Gasteiger partial charge in [0.1, 0.15) is 17.1 Å². The lowest BCUT2D eigenvalue weighted by atomic mass is 10.0. The summed E-state index contributed by atoms with van der Waals surface area (Å²) >= 11 is 0. The van der Waals surface area contributed by atoms with Crippen molar-refractivity contribution in [3.05, 3.63) is 63.7 Å². The predicted octanol–water partition coefficient (Wildman–Crippen LogP) is 1.88. The van der Waals surface area contributed by atoms with Crippen LogP contribution in [-0.4, -0.2) is 10.9 Å². The minimum atomic E-state index is -0.676. The van der Waals surface area contributed by atoms with E-state index in [1.807, 2.05) is 0 Å². The second-order valence-electron chi connectivity index (χ2n) is 3.58. The van der Waals surface area contributed by atoms with E-state index in [-0.39, 0.29) is 22.9 Å². The standard InChI is InChI=1S/C13H10O4/c1-8-12(10(14)7-11(15)17-8)13(16)9-5-3-2-4-6-9/h2-7,14H,1H3. The molecular weight excluding hydrogens is 220 g/mol. The van der Waals surface area contributed by atoms with Crippen LogP contribution >= 0.6 is 0 Å². The van der Waals surface area contributed by atoms with E-state index in [2.05, 4.69) is 0 Å². The average molecular weight is 230 g/mol. The molecule has 0 unspecified atom stereocenters. The van der Waals surface area contributed by atoms with Crippen LogP contribution in [0.3, 0.4) is 0 Å². The number of rotatable bonds is 2. The fourth-order valence-corrected chi connectivity index (χ4v) is 1.61. The van der Waals surface area contributed by atoms with Crippen molar-refractivity contribution >= 4 is 5.78 Å². The van der Waals surface area contributed by atoms with Crippen LogP contribution in [0.2, 0.25) is 0 Å². The maximum atomic E-state index is 12.1. The highest BCUT2D eigenvalue weighted by Gasteiger charge is 2.18. The first-order valence-corrected chi connectivity index (χ1v) is 5.03. The summed E-state index contributed by atoms with van der Waals surface area (Å²) in [6, 6.07) is 9.38. The van der Waals surface area contributed by atoms with Gasteiger partial charge in [0, 0.05) is 5.56 Å². The number of hydrogen-bond donors (Lipinski definition) is 1. The Labute approximate surface area is 97.1 Å². The number of ketones is 1. The van der Waals surface area contributed by atoms with E-state index < -0.39 is 5.63 Å². The third-order valence-corrected chi connectivity index (χ3v) is 2.38. The highest BCUT2D eigenvalue weighted by Crippen LogP contribution is 2.21. The van der Waals surface area contributed by atoms with E-state index in [9.17, 15) is 14.7 Å². The van der Waals surface area contributed by atoms with Crippen LogP contribution in [0.1, 0.15) is 21.7 Å². The van der Waals surface area contributed by atoms with Gasteiger partial charge in [-0.25, -0.2) is 4.79 Å². The van der Waals surface area contributed by atoms with Crippen molar-refractivity contribution in [3.63, 3.8) is 0 Å². The predicted molar refractivity (Wildman–Crippen MR) is 61.3 cm³/mol. The second kappa shape index (κ2) is 4.25. The average Bonchev–Trinajstić information content (AvgIpc) is 2.28. The summed E-state index contributed by atoms with van der Waals surface area (Å²) < 4.78 is 4.80. The summed E-state index contributed by atoms with van der Waals surface area (Å²) in [5.41, 5.74) is -0.222. The van der Waals surface area contributed by atoms with Gasteiger partial charge in [0.15, 0.2) is 5.78 Å². The molecule has 1 N–H and O–H groups in total. The van der Waals surface area contributed by atoms with Crippen LogP contribution in [0.25, 0.3) is 0 Å². The molecule has 1 heterocycles. The van der Waals surface area contributed by atoms with Crippen LogP contribution in [0.5, 0.6) is 5.75 Å². The lowest BCUT2D eigenvalue weighted by Gasteiger charge is -2.05. The summed E-state index contributed by atoms with van der Waals surface area (Å²) in [6.07, 6.45) is 0. The Bertz CT molecular complexity index is 585. The molecule has 0 fully saturated rings. The van der Waals surface area contributed by atoms with Crippen molar-refractivity contribution in [2.24, 2.45) is 0 Å². The van der Waals surface area contributed by atoms with Gasteiger partial charge in [-0.15, -0.1) is 0 Å². The van der Waals surface area contributed by atoms with Gasteiger partial charge in [-0.05, 0) is 6.92 Å². The molecule has 4 nitrogen and oxygen atoms in total. The van der Waals surface area contributed by atoms with Gasteiger partial charge in [-0.3, -0.25) is 4.79 Å². The molecule has 1 aromatic carbocycles. The summed E-state index contributed by atoms with van der Waals surface area (Å²) in [5, 5.41) is 9.62. The van der Waals surface area contributed by atoms with Crippen molar-refractivity contribution in [2.75, 3.05) is 0 Å². The molecule has 0 aliphatic heterocycles. The molecule has 0 radical (unpaired) electrons. The van der Waals surface area contributed by atoms with Crippen LogP contribution in [-0.2, 0) is 0 Å². The molecule has 0 atom stereocenters. The molecule has 2 aromatic rings. The van der Waals surface area contributed by atoms with E-state index in [1.165, 1.54) is 6.92 Å². The lowest BCUT2D eigenvalue weighted by Crippen LogP contribution is -2.08. The fraction of sp³-hybridized carbons (Fsp3) is 0.0769. The smallest absolute Gasteiger partial charge is 0.339 e. The Balaban J connectivity index is 2.56. The van der Waals surface area contributed by atoms with Crippen LogP contribution in [0, 0.1) is 6.92 Å². The molecule has 0 bridgehead atoms. The molecule has 0 spiro atoms. The first-order valence-electron chi connectivity index (χ1n) is 5.03. The van der Waals surface area contributed by atoms with Crippen molar-refractivity contribution in [2.45, 2.75) is 6.92 Å². The van der Waals surface area contributed by atoms with Gasteiger partial charge in [0.05, 0.1) is 6.07 Å². The first-order chi connectivity index (χ1) is 8.09. The summed E-state index contributed by atoms with van der Waals surface area (Å²) in [5.74, 6) is -0.610. The van der Waals surface area contributed by atoms with Crippen molar-refractivity contribution in [1.29, 1.82) is 0 Å². The molecular formula is C13H10O4. The number of benzene rings is 1. The molecule has 17 heavy (non-hydrogen) atoms. The molecule has 86 valence electrons. The van der Waals surface area contributed by atoms with E-state index in [1.54, 1.807) is 30.3 Å². The number of hydrogen-bond acceptors (Lipinski definition) is 4. The quantitative estimate of drug-likeness (QED) is 0.800. The SMILES string of the molecule is Cc1oc(=O)cc(O)c1C(=O)c1ccccc1. The van der Waals surface area contributed by atoms with Gasteiger partial charge in [-0.2, -0.15) is 0 Å². The van der Waals surface area contributed by atoms with E-state index in [0.717, 1.165) is 6.07 Å². The summed E-state index contributed by atoms with van der Waals surface area (Å²) in [6.45, 7) is 1.47. The molecule has 2 rings (SSSR count). The summed E-state index contributed by atoms with van der Waals surface area (Å²) in [7, 11) is 0. The van der Waals surface area contributed by atoms with Gasteiger partial charge >= 0.3 is 5.63 Å². The number of aryl methyl sites for hydroxylation is 1.